The van der Waals surface area contributed by atoms with Crippen molar-refractivity contribution in [1.82, 2.24) is 9.80 Å². The van der Waals surface area contributed by atoms with Crippen LogP contribution in [0.15, 0.2) is 36.4 Å². The molecule has 2 fully saturated rings. The Hall–Kier alpha value is -3.79. The number of benzene rings is 1. The van der Waals surface area contributed by atoms with Crippen molar-refractivity contribution < 1.29 is 38.2 Å². The Balaban J connectivity index is 1.41. The van der Waals surface area contributed by atoms with Gasteiger partial charge in [0.05, 0.1) is 0 Å². The molecule has 0 bridgehead atoms. The average Bonchev–Trinajstić information content (AvgIpc) is 3.57. The molecular weight excluding hydrogens is 516 g/mol. The number of likely N-dealkylation sites (tertiary alicyclic amines) is 2. The van der Waals surface area contributed by atoms with Crippen molar-refractivity contribution in [3.63, 3.8) is 0 Å². The van der Waals surface area contributed by atoms with E-state index in [1.807, 2.05) is 11.9 Å². The predicted molar refractivity (Wildman–Crippen MR) is 148 cm³/mol. The fraction of sp³-hybridized carbons (Fsp3) is 0.500. The molecule has 216 valence electrons. The minimum atomic E-state index is -0.764. The molecule has 10 nitrogen and oxygen atoms in total. The predicted octanol–water partition coefficient (Wildman–Crippen LogP) is 3.43. The lowest BCUT2D eigenvalue weighted by atomic mass is 10.1. The van der Waals surface area contributed by atoms with Gasteiger partial charge in [-0.1, -0.05) is 36.4 Å². The summed E-state index contributed by atoms with van der Waals surface area (Å²) in [4.78, 5) is 64.5. The fourth-order valence-electron chi connectivity index (χ4n) is 4.43. The molecule has 2 atom stereocenters. The second kappa shape index (κ2) is 14.0. The number of carbonyl (C=O) groups excluding carboxylic acids is 5. The number of ether oxygens (including phenoxy) is 3. The van der Waals surface area contributed by atoms with Crippen LogP contribution in [0.4, 0.5) is 4.79 Å². The molecule has 2 saturated heterocycles. The molecule has 1 amide bonds. The molecule has 0 N–H and O–H groups in total. The van der Waals surface area contributed by atoms with Gasteiger partial charge >= 0.3 is 18.0 Å². The minimum absolute atomic E-state index is 0.280. The first-order chi connectivity index (χ1) is 18.9. The van der Waals surface area contributed by atoms with Crippen LogP contribution >= 0.6 is 0 Å². The Bertz CT molecular complexity index is 1150. The van der Waals surface area contributed by atoms with Crippen LogP contribution in [-0.4, -0.2) is 90.4 Å². The average molecular weight is 555 g/mol. The molecule has 0 spiro atoms. The van der Waals surface area contributed by atoms with Crippen molar-refractivity contribution in [2.75, 3.05) is 33.4 Å². The maximum absolute atomic E-state index is 12.5. The number of rotatable bonds is 10. The summed E-state index contributed by atoms with van der Waals surface area (Å²) in [7, 11) is 1.86. The molecule has 10 heteroatoms. The fourth-order valence-corrected chi connectivity index (χ4v) is 4.43. The molecule has 2 aliphatic rings. The molecule has 0 aliphatic carbocycles. The summed E-state index contributed by atoms with van der Waals surface area (Å²) in [6.45, 7) is 5.77. The third-order valence-corrected chi connectivity index (χ3v) is 6.52. The van der Waals surface area contributed by atoms with E-state index in [0.717, 1.165) is 30.5 Å². The maximum Gasteiger partial charge on any atom is 0.411 e. The van der Waals surface area contributed by atoms with Crippen LogP contribution in [-0.2, 0) is 33.4 Å². The lowest BCUT2D eigenvalue weighted by Gasteiger charge is -2.27. The summed E-state index contributed by atoms with van der Waals surface area (Å²) in [5, 5.41) is 0. The van der Waals surface area contributed by atoms with Crippen molar-refractivity contribution in [3.05, 3.63) is 47.5 Å². The van der Waals surface area contributed by atoms with Crippen molar-refractivity contribution >= 4 is 41.8 Å². The number of ketones is 2. The van der Waals surface area contributed by atoms with Gasteiger partial charge in [0.1, 0.15) is 17.7 Å². The first kappa shape index (κ1) is 30.7. The highest BCUT2D eigenvalue weighted by atomic mass is 16.6. The van der Waals surface area contributed by atoms with Crippen molar-refractivity contribution in [1.29, 1.82) is 0 Å². The lowest BCUT2D eigenvalue weighted by Crippen LogP contribution is -2.44. The van der Waals surface area contributed by atoms with E-state index in [4.69, 9.17) is 14.2 Å². The van der Waals surface area contributed by atoms with Crippen molar-refractivity contribution in [3.8, 4) is 0 Å². The topological polar surface area (TPSA) is 120 Å². The lowest BCUT2D eigenvalue weighted by molar-refractivity contribution is -0.151. The van der Waals surface area contributed by atoms with E-state index < -0.39 is 36.1 Å². The molecule has 2 unspecified atom stereocenters. The Morgan fingerprint density at radius 2 is 1.27 bits per heavy atom. The Morgan fingerprint density at radius 1 is 0.800 bits per heavy atom. The number of hydrogen-bond acceptors (Lipinski definition) is 9. The summed E-state index contributed by atoms with van der Waals surface area (Å²) in [6.07, 6.45) is 8.11. The zero-order valence-electron chi connectivity index (χ0n) is 23.6. The number of amides is 1. The second-order valence-corrected chi connectivity index (χ2v) is 11.0. The molecule has 0 radical (unpaired) electrons. The van der Waals surface area contributed by atoms with Crippen LogP contribution in [0, 0.1) is 0 Å². The van der Waals surface area contributed by atoms with Crippen LogP contribution in [0.5, 0.6) is 0 Å². The van der Waals surface area contributed by atoms with Crippen LogP contribution in [0.2, 0.25) is 0 Å². The molecule has 2 aliphatic heterocycles. The van der Waals surface area contributed by atoms with E-state index in [0.29, 0.717) is 19.4 Å². The molecule has 1 aromatic carbocycles. The normalized spacial score (nSPS) is 19.8. The van der Waals surface area contributed by atoms with Crippen molar-refractivity contribution in [2.24, 2.45) is 0 Å². The number of carbonyl (C=O) groups is 5. The molecule has 0 saturated carbocycles. The summed E-state index contributed by atoms with van der Waals surface area (Å²) >= 11 is 0. The van der Waals surface area contributed by atoms with E-state index in [1.165, 1.54) is 17.1 Å². The third-order valence-electron chi connectivity index (χ3n) is 6.52. The van der Waals surface area contributed by atoms with Crippen molar-refractivity contribution in [2.45, 2.75) is 64.1 Å². The van der Waals surface area contributed by atoms with Gasteiger partial charge in [-0.25, -0.2) is 9.59 Å². The SMILES string of the molecule is CN1CCCC1C(=O)OCC(=O)C=Cc1ccc(C=CC(=O)COC(=O)C2CCCN2C(=O)OC(C)(C)C)cc1. The molecule has 0 aromatic heterocycles. The highest BCUT2D eigenvalue weighted by Crippen LogP contribution is 2.22. The molecular formula is C30H38N2O8. The van der Waals surface area contributed by atoms with Gasteiger partial charge in [0.2, 0.25) is 0 Å². The smallest absolute Gasteiger partial charge is 0.411 e. The first-order valence-electron chi connectivity index (χ1n) is 13.5. The number of likely N-dealkylation sites (N-methyl/N-ethyl adjacent to an activating group) is 1. The summed E-state index contributed by atoms with van der Waals surface area (Å²) < 4.78 is 15.7. The Morgan fingerprint density at radius 3 is 1.75 bits per heavy atom. The van der Waals surface area contributed by atoms with Gasteiger partial charge in [0.15, 0.2) is 24.8 Å². The van der Waals surface area contributed by atoms with E-state index >= 15 is 0 Å². The number of hydrogen-bond donors (Lipinski definition) is 0. The van der Waals surface area contributed by atoms with E-state index in [2.05, 4.69) is 0 Å². The van der Waals surface area contributed by atoms with Crippen LogP contribution < -0.4 is 0 Å². The summed E-state index contributed by atoms with van der Waals surface area (Å²) in [5.41, 5.74) is 0.826. The summed E-state index contributed by atoms with van der Waals surface area (Å²) in [6, 6.07) is 6.05. The van der Waals surface area contributed by atoms with Gasteiger partial charge < -0.3 is 14.2 Å². The zero-order valence-corrected chi connectivity index (χ0v) is 23.6. The van der Waals surface area contributed by atoms with E-state index in [-0.39, 0.29) is 24.4 Å². The molecule has 2 heterocycles. The highest BCUT2D eigenvalue weighted by Gasteiger charge is 2.37. The van der Waals surface area contributed by atoms with Crippen LogP contribution in [0.3, 0.4) is 0 Å². The van der Waals surface area contributed by atoms with E-state index in [9.17, 15) is 24.0 Å². The number of nitrogens with zero attached hydrogens (tertiary/aromatic N) is 2. The molecule has 3 rings (SSSR count). The standard InChI is InChI=1S/C30H38N2O8/c1-30(2,3)40-29(37)32-18-6-8-26(32)28(36)39-20-24(34)16-14-22-11-9-21(10-12-22)13-15-23(33)19-38-27(35)25-7-5-17-31(25)4/h9-16,25-26H,5-8,17-20H2,1-4H3. The second-order valence-electron chi connectivity index (χ2n) is 11.0. The molecule has 1 aromatic rings. The quantitative estimate of drug-likeness (QED) is 0.243. The van der Waals surface area contributed by atoms with Gasteiger partial charge in [-0.2, -0.15) is 0 Å². The van der Waals surface area contributed by atoms with Gasteiger partial charge in [0, 0.05) is 6.54 Å². The maximum atomic E-state index is 12.5. The van der Waals surface area contributed by atoms with Crippen LogP contribution in [0.25, 0.3) is 12.2 Å². The van der Waals surface area contributed by atoms with Gasteiger partial charge in [-0.3, -0.25) is 24.2 Å². The highest BCUT2D eigenvalue weighted by molar-refractivity contribution is 5.96. The zero-order chi connectivity index (χ0) is 29.3. The largest absolute Gasteiger partial charge is 0.456 e. The van der Waals surface area contributed by atoms with Gasteiger partial charge in [0.25, 0.3) is 0 Å². The first-order valence-corrected chi connectivity index (χ1v) is 13.5. The molecule has 40 heavy (non-hydrogen) atoms. The van der Waals surface area contributed by atoms with Gasteiger partial charge in [-0.05, 0) is 83.3 Å². The van der Waals surface area contributed by atoms with Gasteiger partial charge in [-0.15, -0.1) is 0 Å². The Kier molecular flexibility index (Phi) is 10.8. The van der Waals surface area contributed by atoms with E-state index in [1.54, 1.807) is 57.2 Å². The summed E-state index contributed by atoms with van der Waals surface area (Å²) in [5.74, 6) is -1.71. The minimum Gasteiger partial charge on any atom is -0.456 e. The monoisotopic (exact) mass is 554 g/mol. The Labute approximate surface area is 234 Å². The van der Waals surface area contributed by atoms with Crippen LogP contribution in [0.1, 0.15) is 57.6 Å². The number of esters is 2. The third kappa shape index (κ3) is 9.44.